The zero-order valence-electron chi connectivity index (χ0n) is 17.5. The van der Waals surface area contributed by atoms with Gasteiger partial charge in [0.05, 0.1) is 0 Å². The van der Waals surface area contributed by atoms with Gasteiger partial charge in [-0.1, -0.05) is 18.2 Å². The number of benzene rings is 2. The average molecular weight is 432 g/mol. The van der Waals surface area contributed by atoms with Crippen LogP contribution in [0.2, 0.25) is 0 Å². The van der Waals surface area contributed by atoms with Crippen LogP contribution in [0.1, 0.15) is 17.7 Å². The molecule has 4 aromatic rings. The summed E-state index contributed by atoms with van der Waals surface area (Å²) in [7, 11) is 0. The Balaban J connectivity index is 1.48. The number of halogens is 1. The van der Waals surface area contributed by atoms with Crippen molar-refractivity contribution in [2.45, 2.75) is 26.3 Å². The molecule has 0 spiro atoms. The van der Waals surface area contributed by atoms with Crippen LogP contribution in [0.5, 0.6) is 0 Å². The number of carbonyl (C=O) groups is 1. The fourth-order valence-corrected chi connectivity index (χ4v) is 4.01. The molecular weight excluding hydrogens is 411 g/mol. The third kappa shape index (κ3) is 3.62. The van der Waals surface area contributed by atoms with E-state index in [-0.39, 0.29) is 24.2 Å². The fraction of sp³-hybridized carbons (Fsp3) is 0.217. The minimum atomic E-state index is -0.476. The second kappa shape index (κ2) is 7.92. The summed E-state index contributed by atoms with van der Waals surface area (Å²) in [5.74, 6) is -0.306. The lowest BCUT2D eigenvalue weighted by Gasteiger charge is -2.29. The molecule has 0 saturated carbocycles. The van der Waals surface area contributed by atoms with Crippen molar-refractivity contribution in [1.29, 1.82) is 0 Å². The largest absolute Gasteiger partial charge is 0.353 e. The standard InChI is InChI=1S/C23H21FN6O2/c1-15-13-20-27-29(14-21(31)28-12-4-6-16-5-2-3-7-19(16)28)23(32)30(20)22(25-15)26-18-10-8-17(24)9-11-18/h2-3,5,7-11,13H,4,6,12,14H2,1H3,(H,25,26). The van der Waals surface area contributed by atoms with Crippen molar-refractivity contribution in [2.75, 3.05) is 16.8 Å². The number of carbonyl (C=O) groups excluding carboxylic acids is 1. The summed E-state index contributed by atoms with van der Waals surface area (Å²) in [5, 5.41) is 7.40. The third-order valence-electron chi connectivity index (χ3n) is 5.49. The molecule has 162 valence electrons. The van der Waals surface area contributed by atoms with E-state index in [1.165, 1.54) is 16.5 Å². The van der Waals surface area contributed by atoms with E-state index in [1.54, 1.807) is 30.0 Å². The zero-order chi connectivity index (χ0) is 22.2. The van der Waals surface area contributed by atoms with Gasteiger partial charge in [0, 0.05) is 29.7 Å². The SMILES string of the molecule is Cc1cc2nn(CC(=O)N3CCCc4ccccc43)c(=O)n2c(Nc2ccc(F)cc2)n1. The molecular formula is C23H21FN6O2. The first-order valence-corrected chi connectivity index (χ1v) is 10.4. The van der Waals surface area contributed by atoms with Gasteiger partial charge in [-0.3, -0.25) is 4.79 Å². The first-order chi connectivity index (χ1) is 15.5. The molecule has 5 rings (SSSR count). The Morgan fingerprint density at radius 1 is 1.16 bits per heavy atom. The van der Waals surface area contributed by atoms with Crippen LogP contribution in [0.4, 0.5) is 21.7 Å². The second-order valence-electron chi connectivity index (χ2n) is 7.76. The van der Waals surface area contributed by atoms with Crippen LogP contribution in [0.15, 0.2) is 59.4 Å². The molecule has 0 radical (unpaired) electrons. The number of fused-ring (bicyclic) bond motifs is 2. The average Bonchev–Trinajstić information content (AvgIpc) is 3.09. The Labute approximate surface area is 182 Å². The van der Waals surface area contributed by atoms with Crippen LogP contribution in [0.25, 0.3) is 5.65 Å². The van der Waals surface area contributed by atoms with Crippen molar-refractivity contribution in [3.05, 3.63) is 82.2 Å². The van der Waals surface area contributed by atoms with Gasteiger partial charge in [-0.15, -0.1) is 5.10 Å². The number of aromatic nitrogens is 4. The molecule has 1 aliphatic heterocycles. The monoisotopic (exact) mass is 432 g/mol. The second-order valence-corrected chi connectivity index (χ2v) is 7.76. The van der Waals surface area contributed by atoms with Gasteiger partial charge in [0.25, 0.3) is 0 Å². The minimum Gasteiger partial charge on any atom is -0.325 e. The molecule has 0 saturated heterocycles. The Hall–Kier alpha value is -4.01. The van der Waals surface area contributed by atoms with E-state index in [9.17, 15) is 14.0 Å². The zero-order valence-corrected chi connectivity index (χ0v) is 17.5. The topological polar surface area (TPSA) is 84.5 Å². The van der Waals surface area contributed by atoms with Gasteiger partial charge in [0.2, 0.25) is 11.9 Å². The summed E-state index contributed by atoms with van der Waals surface area (Å²) < 4.78 is 15.7. The molecule has 3 heterocycles. The van der Waals surface area contributed by atoms with Crippen molar-refractivity contribution in [3.8, 4) is 0 Å². The van der Waals surface area contributed by atoms with Gasteiger partial charge in [-0.2, -0.15) is 0 Å². The lowest BCUT2D eigenvalue weighted by Crippen LogP contribution is -2.39. The molecule has 32 heavy (non-hydrogen) atoms. The predicted molar refractivity (Wildman–Crippen MR) is 119 cm³/mol. The highest BCUT2D eigenvalue weighted by Crippen LogP contribution is 2.26. The lowest BCUT2D eigenvalue weighted by atomic mass is 10.0. The Morgan fingerprint density at radius 3 is 2.75 bits per heavy atom. The number of nitrogens with one attached hydrogen (secondary N) is 1. The first-order valence-electron chi connectivity index (χ1n) is 10.4. The van der Waals surface area contributed by atoms with Crippen LogP contribution < -0.4 is 15.9 Å². The van der Waals surface area contributed by atoms with E-state index in [0.717, 1.165) is 28.8 Å². The van der Waals surface area contributed by atoms with Crippen LogP contribution in [-0.2, 0) is 17.8 Å². The Kier molecular flexibility index (Phi) is 4.93. The van der Waals surface area contributed by atoms with Crippen molar-refractivity contribution in [1.82, 2.24) is 19.2 Å². The fourth-order valence-electron chi connectivity index (χ4n) is 4.01. The van der Waals surface area contributed by atoms with Gasteiger partial charge >= 0.3 is 5.69 Å². The van der Waals surface area contributed by atoms with Crippen molar-refractivity contribution in [3.63, 3.8) is 0 Å². The summed E-state index contributed by atoms with van der Waals surface area (Å²) in [4.78, 5) is 32.3. The van der Waals surface area contributed by atoms with Crippen molar-refractivity contribution >= 4 is 28.9 Å². The highest BCUT2D eigenvalue weighted by Gasteiger charge is 2.24. The quantitative estimate of drug-likeness (QED) is 0.536. The smallest absolute Gasteiger partial charge is 0.325 e. The highest BCUT2D eigenvalue weighted by atomic mass is 19.1. The van der Waals surface area contributed by atoms with E-state index < -0.39 is 5.69 Å². The van der Waals surface area contributed by atoms with Crippen molar-refractivity contribution < 1.29 is 9.18 Å². The number of nitrogens with zero attached hydrogens (tertiary/aromatic N) is 5. The number of para-hydroxylation sites is 1. The van der Waals surface area contributed by atoms with Crippen LogP contribution >= 0.6 is 0 Å². The molecule has 1 amide bonds. The maximum absolute atomic E-state index is 13.2. The van der Waals surface area contributed by atoms with Crippen LogP contribution in [0.3, 0.4) is 0 Å². The van der Waals surface area contributed by atoms with E-state index in [4.69, 9.17) is 0 Å². The molecule has 9 heteroatoms. The summed E-state index contributed by atoms with van der Waals surface area (Å²) in [6.45, 7) is 2.22. The molecule has 2 aromatic carbocycles. The summed E-state index contributed by atoms with van der Waals surface area (Å²) in [6.07, 6.45) is 1.80. The molecule has 0 fully saturated rings. The maximum Gasteiger partial charge on any atom is 0.353 e. The maximum atomic E-state index is 13.2. The van der Waals surface area contributed by atoms with Gasteiger partial charge in [-0.25, -0.2) is 23.3 Å². The molecule has 0 aliphatic carbocycles. The number of amides is 1. The van der Waals surface area contributed by atoms with Gasteiger partial charge < -0.3 is 10.2 Å². The lowest BCUT2D eigenvalue weighted by molar-refractivity contribution is -0.119. The van der Waals surface area contributed by atoms with E-state index >= 15 is 0 Å². The summed E-state index contributed by atoms with van der Waals surface area (Å²) in [5.41, 5.74) is 3.13. The van der Waals surface area contributed by atoms with Gasteiger partial charge in [-0.05, 0) is 55.7 Å². The van der Waals surface area contributed by atoms with Crippen LogP contribution in [-0.4, -0.2) is 31.6 Å². The summed E-state index contributed by atoms with van der Waals surface area (Å²) in [6, 6.07) is 15.2. The molecule has 0 unspecified atom stereocenters. The summed E-state index contributed by atoms with van der Waals surface area (Å²) >= 11 is 0. The van der Waals surface area contributed by atoms with E-state index in [1.807, 2.05) is 24.3 Å². The molecule has 1 aliphatic rings. The number of anilines is 3. The number of aryl methyl sites for hydroxylation is 2. The van der Waals surface area contributed by atoms with Crippen LogP contribution in [0, 0.1) is 12.7 Å². The molecule has 0 bridgehead atoms. The highest BCUT2D eigenvalue weighted by molar-refractivity contribution is 5.94. The van der Waals surface area contributed by atoms with Gasteiger partial charge in [0.1, 0.15) is 12.4 Å². The third-order valence-corrected chi connectivity index (χ3v) is 5.49. The van der Waals surface area contributed by atoms with Gasteiger partial charge in [0.15, 0.2) is 5.65 Å². The molecule has 0 atom stereocenters. The van der Waals surface area contributed by atoms with E-state index in [2.05, 4.69) is 15.4 Å². The predicted octanol–water partition coefficient (Wildman–Crippen LogP) is 3.06. The van der Waals surface area contributed by atoms with E-state index in [0.29, 0.717) is 23.6 Å². The molecule has 1 N–H and O–H groups in total. The number of hydrogen-bond acceptors (Lipinski definition) is 5. The normalized spacial score (nSPS) is 13.2. The Bertz CT molecular complexity index is 1380. The number of hydrogen-bond donors (Lipinski definition) is 1. The van der Waals surface area contributed by atoms with Crippen molar-refractivity contribution in [2.24, 2.45) is 0 Å². The Morgan fingerprint density at radius 2 is 1.94 bits per heavy atom. The number of rotatable bonds is 4. The first kappa shape index (κ1) is 19.9. The molecule has 2 aromatic heterocycles. The molecule has 8 nitrogen and oxygen atoms in total. The minimum absolute atomic E-state index is 0.177.